The highest BCUT2D eigenvalue weighted by Gasteiger charge is 2.27. The lowest BCUT2D eigenvalue weighted by Gasteiger charge is -2.19. The molecule has 0 saturated carbocycles. The zero-order chi connectivity index (χ0) is 10.8. The van der Waals surface area contributed by atoms with E-state index in [4.69, 9.17) is 0 Å². The molecule has 0 unspecified atom stereocenters. The highest BCUT2D eigenvalue weighted by molar-refractivity contribution is 7.85. The first-order valence-corrected chi connectivity index (χ1v) is 6.02. The maximum absolute atomic E-state index is 11.6. The normalized spacial score (nSPS) is 24.6. The Morgan fingerprint density at radius 2 is 2.14 bits per heavy atom. The minimum atomic E-state index is -1.30. The van der Waals surface area contributed by atoms with Crippen LogP contribution in [0.2, 0.25) is 0 Å². The fourth-order valence-corrected chi connectivity index (χ4v) is 1.86. The molecule has 1 fully saturated rings. The van der Waals surface area contributed by atoms with Crippen LogP contribution < -0.4 is 10.0 Å². The van der Waals surface area contributed by atoms with Gasteiger partial charge in [0.1, 0.15) is 11.0 Å². The summed E-state index contributed by atoms with van der Waals surface area (Å²) >= 11 is 0. The van der Waals surface area contributed by atoms with Crippen LogP contribution in [-0.2, 0) is 15.8 Å². The molecule has 2 N–H and O–H groups in total. The van der Waals surface area contributed by atoms with Crippen molar-refractivity contribution in [3.05, 3.63) is 0 Å². The van der Waals surface area contributed by atoms with Gasteiger partial charge in [-0.2, -0.15) is 0 Å². The largest absolute Gasteiger partial charge is 0.306 e. The number of rotatable bonds is 2. The van der Waals surface area contributed by atoms with Crippen molar-refractivity contribution >= 4 is 16.9 Å². The van der Waals surface area contributed by atoms with Crippen LogP contribution in [0.25, 0.3) is 0 Å². The molecule has 4 nitrogen and oxygen atoms in total. The summed E-state index contributed by atoms with van der Waals surface area (Å²) in [5, 5.41) is 3.07. The summed E-state index contributed by atoms with van der Waals surface area (Å²) in [6.07, 6.45) is 1.85. The standard InChI is InChI=1S/C9H18N2O2S/c1-9(2,3)14(13)11-8(12)7-5-4-6-10-7/h7,10H,4-6H2,1-3H3,(H,11,12)/t7-,14-/m0/s1. The predicted molar refractivity (Wildman–Crippen MR) is 57.1 cm³/mol. The molecule has 0 aliphatic carbocycles. The number of hydrogen-bond donors (Lipinski definition) is 2. The Labute approximate surface area is 87.4 Å². The average Bonchev–Trinajstić information content (AvgIpc) is 2.53. The molecule has 1 aliphatic rings. The van der Waals surface area contributed by atoms with Crippen molar-refractivity contribution in [2.24, 2.45) is 0 Å². The van der Waals surface area contributed by atoms with Crippen molar-refractivity contribution in [2.75, 3.05) is 6.54 Å². The molecule has 1 rings (SSSR count). The minimum absolute atomic E-state index is 0.143. The monoisotopic (exact) mass is 218 g/mol. The van der Waals surface area contributed by atoms with Crippen LogP contribution in [0.5, 0.6) is 0 Å². The Morgan fingerprint density at radius 1 is 1.50 bits per heavy atom. The average molecular weight is 218 g/mol. The molecule has 5 heteroatoms. The van der Waals surface area contributed by atoms with Crippen LogP contribution in [-0.4, -0.2) is 27.4 Å². The smallest absolute Gasteiger partial charge is 0.248 e. The summed E-state index contributed by atoms with van der Waals surface area (Å²) in [6.45, 7) is 6.39. The molecular formula is C9H18N2O2S. The topological polar surface area (TPSA) is 58.2 Å². The van der Waals surface area contributed by atoms with Gasteiger partial charge in [0, 0.05) is 0 Å². The van der Waals surface area contributed by atoms with Crippen molar-refractivity contribution in [3.8, 4) is 0 Å². The van der Waals surface area contributed by atoms with Crippen LogP contribution >= 0.6 is 0 Å². The summed E-state index contributed by atoms with van der Waals surface area (Å²) in [5.41, 5.74) is 0. The van der Waals surface area contributed by atoms with Crippen LogP contribution in [0, 0.1) is 0 Å². The minimum Gasteiger partial charge on any atom is -0.306 e. The highest BCUT2D eigenvalue weighted by Crippen LogP contribution is 2.10. The summed E-state index contributed by atoms with van der Waals surface area (Å²) < 4.78 is 13.7. The van der Waals surface area contributed by atoms with Gasteiger partial charge in [0.2, 0.25) is 5.91 Å². The van der Waals surface area contributed by atoms with Gasteiger partial charge in [0.15, 0.2) is 0 Å². The van der Waals surface area contributed by atoms with Crippen molar-refractivity contribution in [3.63, 3.8) is 0 Å². The fraction of sp³-hybridized carbons (Fsp3) is 0.889. The van der Waals surface area contributed by atoms with Crippen LogP contribution in [0.3, 0.4) is 0 Å². The van der Waals surface area contributed by atoms with Crippen molar-refractivity contribution in [2.45, 2.75) is 44.4 Å². The van der Waals surface area contributed by atoms with Crippen molar-refractivity contribution < 1.29 is 9.00 Å². The van der Waals surface area contributed by atoms with E-state index in [1.807, 2.05) is 20.8 Å². The molecular weight excluding hydrogens is 200 g/mol. The predicted octanol–water partition coefficient (Wildman–Crippen LogP) is 0.317. The van der Waals surface area contributed by atoms with Crippen molar-refractivity contribution in [1.82, 2.24) is 10.0 Å². The lowest BCUT2D eigenvalue weighted by molar-refractivity contribution is -0.120. The Bertz CT molecular complexity index is 242. The summed E-state index contributed by atoms with van der Waals surface area (Å²) in [6, 6.07) is -0.152. The van der Waals surface area contributed by atoms with Gasteiger partial charge in [-0.05, 0) is 40.2 Å². The van der Waals surface area contributed by atoms with E-state index >= 15 is 0 Å². The summed E-state index contributed by atoms with van der Waals surface area (Å²) in [4.78, 5) is 11.5. The Hall–Kier alpha value is -0.420. The second kappa shape index (κ2) is 4.40. The van der Waals surface area contributed by atoms with Crippen LogP contribution in [0.1, 0.15) is 33.6 Å². The number of carbonyl (C=O) groups excluding carboxylic acids is 1. The SMILES string of the molecule is CC(C)(C)[S@](=O)NC(=O)[C@@H]1CCCN1. The Kier molecular flexibility index (Phi) is 3.66. The van der Waals surface area contributed by atoms with Gasteiger partial charge in [0.05, 0.1) is 10.8 Å². The molecule has 1 amide bonds. The van der Waals surface area contributed by atoms with E-state index in [1.165, 1.54) is 0 Å². The van der Waals surface area contributed by atoms with E-state index in [2.05, 4.69) is 10.0 Å². The maximum Gasteiger partial charge on any atom is 0.248 e. The van der Waals surface area contributed by atoms with Gasteiger partial charge in [-0.15, -0.1) is 0 Å². The molecule has 82 valence electrons. The van der Waals surface area contributed by atoms with Gasteiger partial charge >= 0.3 is 0 Å². The zero-order valence-electron chi connectivity index (χ0n) is 8.92. The lowest BCUT2D eigenvalue weighted by Crippen LogP contribution is -2.45. The fourth-order valence-electron chi connectivity index (χ4n) is 1.22. The molecule has 0 aromatic rings. The van der Waals surface area contributed by atoms with Crippen LogP contribution in [0.4, 0.5) is 0 Å². The van der Waals surface area contributed by atoms with E-state index in [0.717, 1.165) is 19.4 Å². The lowest BCUT2D eigenvalue weighted by atomic mass is 10.2. The molecule has 0 radical (unpaired) electrons. The van der Waals surface area contributed by atoms with Gasteiger partial charge in [-0.1, -0.05) is 0 Å². The van der Waals surface area contributed by atoms with E-state index in [0.29, 0.717) is 0 Å². The number of carbonyl (C=O) groups is 1. The first kappa shape index (κ1) is 11.7. The zero-order valence-corrected chi connectivity index (χ0v) is 9.74. The molecule has 1 heterocycles. The molecule has 0 spiro atoms. The third-order valence-corrected chi connectivity index (χ3v) is 3.63. The molecule has 2 atom stereocenters. The molecule has 0 aromatic heterocycles. The quantitative estimate of drug-likeness (QED) is 0.701. The van der Waals surface area contributed by atoms with Crippen molar-refractivity contribution in [1.29, 1.82) is 0 Å². The van der Waals surface area contributed by atoms with Gasteiger partial charge in [0.25, 0.3) is 0 Å². The van der Waals surface area contributed by atoms with E-state index in [-0.39, 0.29) is 11.9 Å². The number of hydrogen-bond acceptors (Lipinski definition) is 3. The van der Waals surface area contributed by atoms with E-state index in [9.17, 15) is 9.00 Å². The van der Waals surface area contributed by atoms with E-state index in [1.54, 1.807) is 0 Å². The molecule has 1 saturated heterocycles. The third-order valence-electron chi connectivity index (χ3n) is 2.13. The second-order valence-electron chi connectivity index (χ2n) is 4.50. The molecule has 14 heavy (non-hydrogen) atoms. The maximum atomic E-state index is 11.6. The van der Waals surface area contributed by atoms with Gasteiger partial charge < -0.3 is 5.32 Å². The Morgan fingerprint density at radius 3 is 2.57 bits per heavy atom. The van der Waals surface area contributed by atoms with Crippen LogP contribution in [0.15, 0.2) is 0 Å². The highest BCUT2D eigenvalue weighted by atomic mass is 32.2. The second-order valence-corrected chi connectivity index (χ2v) is 6.46. The molecule has 0 bridgehead atoms. The van der Waals surface area contributed by atoms with Gasteiger partial charge in [-0.3, -0.25) is 9.52 Å². The third kappa shape index (κ3) is 3.06. The molecule has 0 aromatic carbocycles. The number of nitrogens with one attached hydrogen (secondary N) is 2. The summed E-state index contributed by atoms with van der Waals surface area (Å²) in [7, 11) is -1.30. The molecule has 1 aliphatic heterocycles. The first-order chi connectivity index (χ1) is 6.41. The summed E-state index contributed by atoms with van der Waals surface area (Å²) in [5.74, 6) is -0.143. The van der Waals surface area contributed by atoms with E-state index < -0.39 is 15.7 Å². The Balaban J connectivity index is 2.44. The number of amides is 1. The van der Waals surface area contributed by atoms with Gasteiger partial charge in [-0.25, -0.2) is 4.21 Å². The first-order valence-electron chi connectivity index (χ1n) is 4.87.